The average molecular weight is 402 g/mol. The zero-order valence-electron chi connectivity index (χ0n) is 15.6. The predicted molar refractivity (Wildman–Crippen MR) is 112 cm³/mol. The fraction of sp³-hybridized carbons (Fsp3) is 0. The van der Waals surface area contributed by atoms with Crippen LogP contribution in [-0.2, 0) is 0 Å². The van der Waals surface area contributed by atoms with E-state index in [4.69, 9.17) is 0 Å². The zero-order valence-corrected chi connectivity index (χ0v) is 15.6. The molecule has 2 N–H and O–H groups in total. The quantitative estimate of drug-likeness (QED) is 0.468. The normalized spacial score (nSPS) is 10.5. The lowest BCUT2D eigenvalue weighted by atomic mass is 10.1. The monoisotopic (exact) mass is 402 g/mol. The van der Waals surface area contributed by atoms with E-state index in [2.05, 4.69) is 20.8 Å². The second-order valence-corrected chi connectivity index (χ2v) is 6.48. The molecule has 1 heterocycles. The molecule has 0 saturated heterocycles. The Balaban J connectivity index is 1.40. The molecular weight excluding hydrogens is 386 g/mol. The summed E-state index contributed by atoms with van der Waals surface area (Å²) in [5.41, 5.74) is 2.90. The third-order valence-electron chi connectivity index (χ3n) is 4.31. The van der Waals surface area contributed by atoms with Crippen LogP contribution >= 0.6 is 0 Å². The molecule has 30 heavy (non-hydrogen) atoms. The van der Waals surface area contributed by atoms with E-state index < -0.39 is 0 Å². The van der Waals surface area contributed by atoms with Crippen LogP contribution in [0.2, 0.25) is 0 Å². The van der Waals surface area contributed by atoms with Crippen molar-refractivity contribution >= 4 is 23.1 Å². The van der Waals surface area contributed by atoms with Crippen molar-refractivity contribution in [2.24, 2.45) is 0 Å². The highest BCUT2D eigenvalue weighted by Crippen LogP contribution is 2.20. The lowest BCUT2D eigenvalue weighted by molar-refractivity contribution is 0.102. The Kier molecular flexibility index (Phi) is 5.43. The summed E-state index contributed by atoms with van der Waals surface area (Å²) in [5, 5.41) is 14.0. The Morgan fingerprint density at radius 2 is 1.47 bits per heavy atom. The fourth-order valence-electron chi connectivity index (χ4n) is 2.79. The number of anilines is 3. The van der Waals surface area contributed by atoms with Crippen LogP contribution in [0.3, 0.4) is 0 Å². The summed E-state index contributed by atoms with van der Waals surface area (Å²) in [4.78, 5) is 12.3. The minimum absolute atomic E-state index is 0.299. The molecule has 5 nitrogen and oxygen atoms in total. The molecule has 4 aromatic rings. The van der Waals surface area contributed by atoms with Gasteiger partial charge in [0, 0.05) is 22.5 Å². The molecule has 0 bridgehead atoms. The van der Waals surface area contributed by atoms with Crippen LogP contribution in [-0.4, -0.2) is 16.1 Å². The molecule has 0 aliphatic rings. The van der Waals surface area contributed by atoms with Gasteiger partial charge >= 0.3 is 0 Å². The zero-order chi connectivity index (χ0) is 20.9. The number of aromatic nitrogens is 2. The van der Waals surface area contributed by atoms with E-state index in [0.717, 1.165) is 5.69 Å². The summed E-state index contributed by atoms with van der Waals surface area (Å²) in [6, 6.07) is 22.0. The van der Waals surface area contributed by atoms with E-state index in [-0.39, 0.29) is 17.5 Å². The maximum Gasteiger partial charge on any atom is 0.255 e. The minimum Gasteiger partial charge on any atom is -0.339 e. The summed E-state index contributed by atoms with van der Waals surface area (Å²) in [5.74, 6) is -0.485. The summed E-state index contributed by atoms with van der Waals surface area (Å²) < 4.78 is 26.3. The Labute approximate surface area is 171 Å². The van der Waals surface area contributed by atoms with Crippen molar-refractivity contribution in [3.63, 3.8) is 0 Å². The molecule has 0 fully saturated rings. The number of benzene rings is 3. The minimum atomic E-state index is -0.365. The number of carbonyl (C=O) groups is 1. The summed E-state index contributed by atoms with van der Waals surface area (Å²) in [6.45, 7) is 0. The second-order valence-electron chi connectivity index (χ2n) is 6.48. The van der Waals surface area contributed by atoms with Crippen molar-refractivity contribution in [3.8, 4) is 11.3 Å². The smallest absolute Gasteiger partial charge is 0.255 e. The summed E-state index contributed by atoms with van der Waals surface area (Å²) in [6.07, 6.45) is 0. The highest BCUT2D eigenvalue weighted by Gasteiger charge is 2.07. The maximum absolute atomic E-state index is 13.3. The van der Waals surface area contributed by atoms with Gasteiger partial charge in [-0.1, -0.05) is 12.1 Å². The Morgan fingerprint density at radius 3 is 2.13 bits per heavy atom. The Morgan fingerprint density at radius 1 is 0.733 bits per heavy atom. The molecule has 7 heteroatoms. The van der Waals surface area contributed by atoms with E-state index in [1.54, 1.807) is 48.5 Å². The number of amides is 1. The van der Waals surface area contributed by atoms with E-state index in [1.165, 1.54) is 36.4 Å². The number of nitrogens with one attached hydrogen (secondary N) is 2. The van der Waals surface area contributed by atoms with Gasteiger partial charge in [-0.05, 0) is 72.8 Å². The largest absolute Gasteiger partial charge is 0.339 e. The highest BCUT2D eigenvalue weighted by atomic mass is 19.1. The van der Waals surface area contributed by atoms with Crippen LogP contribution < -0.4 is 10.6 Å². The topological polar surface area (TPSA) is 66.9 Å². The van der Waals surface area contributed by atoms with Gasteiger partial charge in [0.15, 0.2) is 5.82 Å². The van der Waals surface area contributed by atoms with Gasteiger partial charge in [0.05, 0.1) is 5.69 Å². The highest BCUT2D eigenvalue weighted by molar-refractivity contribution is 6.04. The van der Waals surface area contributed by atoms with Crippen LogP contribution in [0.5, 0.6) is 0 Å². The molecule has 148 valence electrons. The van der Waals surface area contributed by atoms with Crippen molar-refractivity contribution in [1.82, 2.24) is 10.2 Å². The van der Waals surface area contributed by atoms with Crippen LogP contribution in [0.4, 0.5) is 26.0 Å². The molecule has 0 radical (unpaired) electrons. The van der Waals surface area contributed by atoms with Gasteiger partial charge in [-0.3, -0.25) is 4.79 Å². The molecule has 4 rings (SSSR count). The molecule has 1 amide bonds. The molecule has 0 unspecified atom stereocenters. The average Bonchev–Trinajstić information content (AvgIpc) is 2.76. The Hall–Kier alpha value is -4.13. The van der Waals surface area contributed by atoms with Gasteiger partial charge in [-0.25, -0.2) is 8.78 Å². The standard InChI is InChI=1S/C23H16F2N4O/c24-17-6-10-20(11-7-17)27-23(30)15-4-8-19(9-5-15)26-22-13-12-21(28-29-22)16-2-1-3-18(25)14-16/h1-14H,(H,26,29)(H,27,30). The summed E-state index contributed by atoms with van der Waals surface area (Å²) >= 11 is 0. The van der Waals surface area contributed by atoms with E-state index in [1.807, 2.05) is 0 Å². The second kappa shape index (κ2) is 8.48. The molecular formula is C23H16F2N4O. The third kappa shape index (κ3) is 4.64. The van der Waals surface area contributed by atoms with Crippen molar-refractivity contribution in [1.29, 1.82) is 0 Å². The molecule has 0 saturated carbocycles. The number of halogens is 2. The van der Waals surface area contributed by atoms with E-state index >= 15 is 0 Å². The van der Waals surface area contributed by atoms with Gasteiger partial charge in [0.2, 0.25) is 0 Å². The first-order valence-electron chi connectivity index (χ1n) is 9.10. The number of carbonyl (C=O) groups excluding carboxylic acids is 1. The van der Waals surface area contributed by atoms with Gasteiger partial charge in [-0.15, -0.1) is 10.2 Å². The van der Waals surface area contributed by atoms with Gasteiger partial charge in [0.25, 0.3) is 5.91 Å². The van der Waals surface area contributed by atoms with Gasteiger partial charge < -0.3 is 10.6 Å². The molecule has 0 atom stereocenters. The van der Waals surface area contributed by atoms with Crippen LogP contribution in [0.25, 0.3) is 11.3 Å². The number of hydrogen-bond donors (Lipinski definition) is 2. The first kappa shape index (κ1) is 19.2. The molecule has 3 aromatic carbocycles. The van der Waals surface area contributed by atoms with E-state index in [0.29, 0.717) is 28.3 Å². The number of nitrogens with zero attached hydrogens (tertiary/aromatic N) is 2. The van der Waals surface area contributed by atoms with E-state index in [9.17, 15) is 13.6 Å². The van der Waals surface area contributed by atoms with Gasteiger partial charge in [-0.2, -0.15) is 0 Å². The molecule has 0 aliphatic heterocycles. The van der Waals surface area contributed by atoms with Crippen molar-refractivity contribution in [2.45, 2.75) is 0 Å². The van der Waals surface area contributed by atoms with Crippen LogP contribution in [0.15, 0.2) is 84.9 Å². The first-order chi connectivity index (χ1) is 14.6. The number of hydrogen-bond acceptors (Lipinski definition) is 4. The van der Waals surface area contributed by atoms with Crippen molar-refractivity contribution in [2.75, 3.05) is 10.6 Å². The van der Waals surface area contributed by atoms with Crippen LogP contribution in [0, 0.1) is 11.6 Å². The lowest BCUT2D eigenvalue weighted by Gasteiger charge is -2.08. The Bertz CT molecular complexity index is 1160. The number of rotatable bonds is 5. The fourth-order valence-corrected chi connectivity index (χ4v) is 2.79. The van der Waals surface area contributed by atoms with Crippen molar-refractivity contribution < 1.29 is 13.6 Å². The van der Waals surface area contributed by atoms with Crippen LogP contribution in [0.1, 0.15) is 10.4 Å². The molecule has 0 aliphatic carbocycles. The van der Waals surface area contributed by atoms with Gasteiger partial charge in [0.1, 0.15) is 11.6 Å². The third-order valence-corrected chi connectivity index (χ3v) is 4.31. The van der Waals surface area contributed by atoms with Crippen molar-refractivity contribution in [3.05, 3.63) is 102 Å². The molecule has 0 spiro atoms. The predicted octanol–water partition coefficient (Wildman–Crippen LogP) is 5.42. The maximum atomic E-state index is 13.3. The summed E-state index contributed by atoms with van der Waals surface area (Å²) in [7, 11) is 0. The molecule has 1 aromatic heterocycles. The SMILES string of the molecule is O=C(Nc1ccc(F)cc1)c1ccc(Nc2ccc(-c3cccc(F)c3)nn2)cc1. The lowest BCUT2D eigenvalue weighted by Crippen LogP contribution is -2.11. The first-order valence-corrected chi connectivity index (χ1v) is 9.10.